The average molecular weight is 229 g/mol. The molecule has 4 heteroatoms. The third-order valence-corrected chi connectivity index (χ3v) is 3.74. The maximum atomic E-state index is 10.6. The molecule has 1 aliphatic rings. The number of carboxylic acids is 1. The van der Waals surface area contributed by atoms with Gasteiger partial charge in [0.1, 0.15) is 0 Å². The second-order valence-electron chi connectivity index (χ2n) is 4.76. The summed E-state index contributed by atoms with van der Waals surface area (Å²) in [5.41, 5.74) is 0. The summed E-state index contributed by atoms with van der Waals surface area (Å²) in [4.78, 5) is 13.0. The van der Waals surface area contributed by atoms with Crippen LogP contribution >= 0.6 is 0 Å². The minimum Gasteiger partial charge on any atom is -0.481 e. The predicted octanol–water partition coefficient (Wildman–Crippen LogP) is 1.60. The first-order valence-electron chi connectivity index (χ1n) is 6.03. The topological polar surface area (TPSA) is 49.8 Å². The molecule has 1 fully saturated rings. The van der Waals surface area contributed by atoms with Crippen molar-refractivity contribution in [2.75, 3.05) is 20.2 Å². The highest BCUT2D eigenvalue weighted by Crippen LogP contribution is 2.22. The molecule has 0 bridgehead atoms. The van der Waals surface area contributed by atoms with Crippen molar-refractivity contribution in [2.45, 2.75) is 45.3 Å². The predicted molar refractivity (Wildman–Crippen MR) is 62.5 cm³/mol. The van der Waals surface area contributed by atoms with Gasteiger partial charge in [-0.05, 0) is 45.7 Å². The number of aliphatic carboxylic acids is 1. The minimum absolute atomic E-state index is 0.232. The molecule has 0 spiro atoms. The Kier molecular flexibility index (Phi) is 5.22. The van der Waals surface area contributed by atoms with E-state index < -0.39 is 5.97 Å². The van der Waals surface area contributed by atoms with Crippen molar-refractivity contribution >= 4 is 5.97 Å². The van der Waals surface area contributed by atoms with Gasteiger partial charge in [0, 0.05) is 19.6 Å². The molecule has 1 saturated heterocycles. The highest BCUT2D eigenvalue weighted by atomic mass is 16.5. The number of nitrogens with zero attached hydrogens (tertiary/aromatic N) is 1. The van der Waals surface area contributed by atoms with Gasteiger partial charge >= 0.3 is 5.97 Å². The summed E-state index contributed by atoms with van der Waals surface area (Å²) in [5, 5.41) is 8.73. The van der Waals surface area contributed by atoms with E-state index in [0.29, 0.717) is 18.4 Å². The number of carbonyl (C=O) groups is 1. The van der Waals surface area contributed by atoms with E-state index in [0.717, 1.165) is 25.9 Å². The highest BCUT2D eigenvalue weighted by molar-refractivity contribution is 5.67. The Morgan fingerprint density at radius 1 is 1.44 bits per heavy atom. The van der Waals surface area contributed by atoms with Crippen LogP contribution in [0.15, 0.2) is 0 Å². The summed E-state index contributed by atoms with van der Waals surface area (Å²) in [7, 11) is 1.73. The summed E-state index contributed by atoms with van der Waals surface area (Å²) in [6.45, 7) is 6.24. The van der Waals surface area contributed by atoms with Crippen LogP contribution in [0.5, 0.6) is 0 Å². The molecule has 0 aromatic carbocycles. The zero-order chi connectivity index (χ0) is 12.1. The van der Waals surface area contributed by atoms with Gasteiger partial charge in [0.25, 0.3) is 0 Å². The van der Waals surface area contributed by atoms with Crippen molar-refractivity contribution in [3.63, 3.8) is 0 Å². The number of rotatable bonds is 5. The Labute approximate surface area is 97.6 Å². The maximum Gasteiger partial charge on any atom is 0.303 e. The zero-order valence-corrected chi connectivity index (χ0v) is 10.5. The molecule has 0 aromatic rings. The SMILES string of the molecule is COC(C)C(C)N1CCC(CC(=O)O)CC1. The lowest BCUT2D eigenvalue weighted by Crippen LogP contribution is -2.45. The molecule has 0 aromatic heterocycles. The molecule has 0 saturated carbocycles. The van der Waals surface area contributed by atoms with E-state index in [2.05, 4.69) is 18.7 Å². The Hall–Kier alpha value is -0.610. The number of carboxylic acid groups (broad SMARTS) is 1. The third-order valence-electron chi connectivity index (χ3n) is 3.74. The van der Waals surface area contributed by atoms with Crippen molar-refractivity contribution in [1.29, 1.82) is 0 Å². The van der Waals surface area contributed by atoms with Crippen LogP contribution in [0.4, 0.5) is 0 Å². The average Bonchev–Trinajstić information content (AvgIpc) is 2.27. The lowest BCUT2D eigenvalue weighted by molar-refractivity contribution is -0.138. The molecule has 2 unspecified atom stereocenters. The Morgan fingerprint density at radius 3 is 2.44 bits per heavy atom. The summed E-state index contributed by atoms with van der Waals surface area (Å²) in [6, 6.07) is 0.413. The first kappa shape index (κ1) is 13.5. The minimum atomic E-state index is -0.670. The zero-order valence-electron chi connectivity index (χ0n) is 10.5. The quantitative estimate of drug-likeness (QED) is 0.778. The van der Waals surface area contributed by atoms with Crippen LogP contribution in [0, 0.1) is 5.92 Å². The van der Waals surface area contributed by atoms with E-state index in [1.54, 1.807) is 7.11 Å². The molecule has 16 heavy (non-hydrogen) atoms. The van der Waals surface area contributed by atoms with E-state index >= 15 is 0 Å². The molecule has 2 atom stereocenters. The van der Waals surface area contributed by atoms with Crippen LogP contribution in [-0.4, -0.2) is 48.3 Å². The second-order valence-corrected chi connectivity index (χ2v) is 4.76. The van der Waals surface area contributed by atoms with Crippen molar-refractivity contribution in [2.24, 2.45) is 5.92 Å². The van der Waals surface area contributed by atoms with E-state index in [-0.39, 0.29) is 6.10 Å². The number of hydrogen-bond acceptors (Lipinski definition) is 3. The number of ether oxygens (including phenoxy) is 1. The van der Waals surface area contributed by atoms with E-state index in [1.165, 1.54) is 0 Å². The molecule has 0 aliphatic carbocycles. The molecule has 1 aliphatic heterocycles. The molecule has 4 nitrogen and oxygen atoms in total. The van der Waals surface area contributed by atoms with Gasteiger partial charge in [-0.1, -0.05) is 0 Å². The summed E-state index contributed by atoms with van der Waals surface area (Å²) >= 11 is 0. The van der Waals surface area contributed by atoms with Crippen molar-refractivity contribution in [1.82, 2.24) is 4.90 Å². The molecule has 0 amide bonds. The van der Waals surface area contributed by atoms with Gasteiger partial charge in [-0.15, -0.1) is 0 Å². The number of hydrogen-bond donors (Lipinski definition) is 1. The van der Waals surface area contributed by atoms with Gasteiger partial charge in [0.2, 0.25) is 0 Å². The number of methoxy groups -OCH3 is 1. The van der Waals surface area contributed by atoms with Crippen molar-refractivity contribution in [3.05, 3.63) is 0 Å². The van der Waals surface area contributed by atoms with Crippen LogP contribution in [0.25, 0.3) is 0 Å². The molecular weight excluding hydrogens is 206 g/mol. The second kappa shape index (κ2) is 6.21. The first-order chi connectivity index (χ1) is 7.54. The van der Waals surface area contributed by atoms with Gasteiger partial charge in [-0.2, -0.15) is 0 Å². The molecule has 1 N–H and O–H groups in total. The number of piperidine rings is 1. The van der Waals surface area contributed by atoms with Crippen molar-refractivity contribution in [3.8, 4) is 0 Å². The molecular formula is C12H23NO3. The van der Waals surface area contributed by atoms with E-state index in [9.17, 15) is 4.79 Å². The van der Waals surface area contributed by atoms with Crippen LogP contribution in [0.2, 0.25) is 0 Å². The fourth-order valence-corrected chi connectivity index (χ4v) is 2.31. The van der Waals surface area contributed by atoms with Crippen LogP contribution in [0.1, 0.15) is 33.1 Å². The fraction of sp³-hybridized carbons (Fsp3) is 0.917. The Balaban J connectivity index is 2.34. The molecule has 94 valence electrons. The van der Waals surface area contributed by atoms with Gasteiger partial charge in [0.05, 0.1) is 6.10 Å². The summed E-state index contributed by atoms with van der Waals surface area (Å²) < 4.78 is 5.32. The van der Waals surface area contributed by atoms with Crippen LogP contribution < -0.4 is 0 Å². The van der Waals surface area contributed by atoms with Crippen LogP contribution in [0.3, 0.4) is 0 Å². The van der Waals surface area contributed by atoms with E-state index in [1.807, 2.05) is 0 Å². The third kappa shape index (κ3) is 3.76. The summed E-state index contributed by atoms with van der Waals surface area (Å²) in [5.74, 6) is -0.310. The monoisotopic (exact) mass is 229 g/mol. The molecule has 0 radical (unpaired) electrons. The summed E-state index contributed by atoms with van der Waals surface area (Å²) in [6.07, 6.45) is 2.54. The lowest BCUT2D eigenvalue weighted by atomic mass is 9.92. The standard InChI is InChI=1S/C12H23NO3/c1-9(10(2)16-3)13-6-4-11(5-7-13)8-12(14)15/h9-11H,4-8H2,1-3H3,(H,14,15). The van der Waals surface area contributed by atoms with Gasteiger partial charge < -0.3 is 9.84 Å². The van der Waals surface area contributed by atoms with E-state index in [4.69, 9.17) is 9.84 Å². The van der Waals surface area contributed by atoms with Crippen LogP contribution in [-0.2, 0) is 9.53 Å². The fourth-order valence-electron chi connectivity index (χ4n) is 2.31. The van der Waals surface area contributed by atoms with Crippen molar-refractivity contribution < 1.29 is 14.6 Å². The smallest absolute Gasteiger partial charge is 0.303 e. The Bertz CT molecular complexity index is 224. The molecule has 1 rings (SSSR count). The molecule has 1 heterocycles. The normalized spacial score (nSPS) is 22.9. The first-order valence-corrected chi connectivity index (χ1v) is 6.03. The van der Waals surface area contributed by atoms with Gasteiger partial charge in [-0.25, -0.2) is 0 Å². The maximum absolute atomic E-state index is 10.6. The van der Waals surface area contributed by atoms with Gasteiger partial charge in [-0.3, -0.25) is 9.69 Å². The number of likely N-dealkylation sites (tertiary alicyclic amines) is 1. The Morgan fingerprint density at radius 2 is 2.00 bits per heavy atom. The lowest BCUT2D eigenvalue weighted by Gasteiger charge is -2.37. The largest absolute Gasteiger partial charge is 0.481 e. The van der Waals surface area contributed by atoms with Gasteiger partial charge in [0.15, 0.2) is 0 Å². The highest BCUT2D eigenvalue weighted by Gasteiger charge is 2.26.